The summed E-state index contributed by atoms with van der Waals surface area (Å²) in [6.45, 7) is 1.76. The fraction of sp³-hybridized carbons (Fsp3) is 0.0667. The van der Waals surface area contributed by atoms with Gasteiger partial charge in [-0.2, -0.15) is 0 Å². The summed E-state index contributed by atoms with van der Waals surface area (Å²) >= 11 is 5.87. The van der Waals surface area contributed by atoms with Gasteiger partial charge in [0.2, 0.25) is 10.0 Å². The van der Waals surface area contributed by atoms with Gasteiger partial charge in [-0.3, -0.25) is 9.89 Å². The molecule has 0 fully saturated rings. The molecule has 0 aliphatic heterocycles. The average molecular weight is 365 g/mol. The molecule has 0 spiro atoms. The number of hydrogen-bond donors (Lipinski definition) is 2. The van der Waals surface area contributed by atoms with Gasteiger partial charge in [0.15, 0.2) is 5.82 Å². The molecule has 0 saturated heterocycles. The van der Waals surface area contributed by atoms with Crippen LogP contribution in [-0.2, 0) is 10.0 Å². The van der Waals surface area contributed by atoms with Crippen molar-refractivity contribution in [1.29, 1.82) is 0 Å². The molecule has 0 unspecified atom stereocenters. The van der Waals surface area contributed by atoms with Gasteiger partial charge in [-0.1, -0.05) is 23.7 Å². The molecule has 24 heavy (non-hydrogen) atoms. The van der Waals surface area contributed by atoms with Gasteiger partial charge in [0.05, 0.1) is 5.56 Å². The summed E-state index contributed by atoms with van der Waals surface area (Å²) in [6, 6.07) is 9.60. The second-order valence-corrected chi connectivity index (χ2v) is 7.15. The molecule has 3 rings (SSSR count). The second-order valence-electron chi connectivity index (χ2n) is 5.16. The van der Waals surface area contributed by atoms with Crippen molar-refractivity contribution in [1.82, 2.24) is 14.8 Å². The van der Waals surface area contributed by atoms with Gasteiger partial charge >= 0.3 is 0 Å². The Labute approximate surface area is 142 Å². The Balaban J connectivity index is 2.09. The monoisotopic (exact) mass is 364 g/mol. The number of nitrogens with zero attached hydrogens (tertiary/aromatic N) is 2. The van der Waals surface area contributed by atoms with Crippen LogP contribution in [0.15, 0.2) is 52.3 Å². The van der Waals surface area contributed by atoms with Crippen LogP contribution < -0.4 is 10.7 Å². The fourth-order valence-electron chi connectivity index (χ4n) is 2.34. The number of halogens is 1. The van der Waals surface area contributed by atoms with Gasteiger partial charge in [0.1, 0.15) is 4.90 Å². The van der Waals surface area contributed by atoms with Crippen molar-refractivity contribution in [2.75, 3.05) is 0 Å². The maximum atomic E-state index is 12.7. The van der Waals surface area contributed by atoms with Crippen LogP contribution in [0.25, 0.3) is 16.9 Å². The zero-order valence-electron chi connectivity index (χ0n) is 12.5. The van der Waals surface area contributed by atoms with E-state index < -0.39 is 10.0 Å². The number of nitrogens with two attached hydrogens (primary N) is 1. The van der Waals surface area contributed by atoms with Gasteiger partial charge in [0, 0.05) is 16.9 Å². The topological polar surface area (TPSA) is 111 Å². The Morgan fingerprint density at radius 2 is 1.83 bits per heavy atom. The van der Waals surface area contributed by atoms with E-state index in [9.17, 15) is 13.2 Å². The Hall–Kier alpha value is -2.42. The Morgan fingerprint density at radius 3 is 2.38 bits per heavy atom. The van der Waals surface area contributed by atoms with Crippen LogP contribution in [0.5, 0.6) is 0 Å². The summed E-state index contributed by atoms with van der Waals surface area (Å²) < 4.78 is 23.8. The van der Waals surface area contributed by atoms with E-state index in [1.165, 1.54) is 16.8 Å². The SMILES string of the molecule is Cc1[nH]n(-c2ccc(S(N)(=O)=O)cn2)c(=O)c1-c1ccc(Cl)cc1. The molecular formula is C15H13ClN4O3S. The van der Waals surface area contributed by atoms with E-state index in [4.69, 9.17) is 16.7 Å². The van der Waals surface area contributed by atoms with Crippen molar-refractivity contribution in [3.8, 4) is 16.9 Å². The molecule has 3 aromatic rings. The number of aryl methyl sites for hydroxylation is 1. The first-order valence-corrected chi connectivity index (χ1v) is 8.76. The van der Waals surface area contributed by atoms with Gasteiger partial charge in [-0.05, 0) is 36.8 Å². The molecule has 9 heteroatoms. The molecule has 0 atom stereocenters. The largest absolute Gasteiger partial charge is 0.293 e. The first-order valence-electron chi connectivity index (χ1n) is 6.84. The van der Waals surface area contributed by atoms with Crippen LogP contribution >= 0.6 is 11.6 Å². The lowest BCUT2D eigenvalue weighted by molar-refractivity contribution is 0.597. The summed E-state index contributed by atoms with van der Waals surface area (Å²) in [7, 11) is -3.83. The zero-order chi connectivity index (χ0) is 17.5. The van der Waals surface area contributed by atoms with Crippen LogP contribution in [0.2, 0.25) is 5.02 Å². The predicted molar refractivity (Wildman–Crippen MR) is 90.7 cm³/mol. The molecule has 3 N–H and O–H groups in total. The number of pyridine rings is 1. The minimum Gasteiger partial charge on any atom is -0.293 e. The second kappa shape index (κ2) is 5.90. The number of sulfonamides is 1. The average Bonchev–Trinajstić information content (AvgIpc) is 2.83. The zero-order valence-corrected chi connectivity index (χ0v) is 14.1. The first kappa shape index (κ1) is 16.4. The summed E-state index contributed by atoms with van der Waals surface area (Å²) in [4.78, 5) is 16.5. The molecule has 2 aromatic heterocycles. The van der Waals surface area contributed by atoms with Crippen LogP contribution in [-0.4, -0.2) is 23.2 Å². The standard InChI is InChI=1S/C15H13ClN4O3S/c1-9-14(10-2-4-11(16)5-3-10)15(21)20(19-9)13-7-6-12(8-18-13)24(17,22)23/h2-8,19H,1H3,(H2,17,22,23). The summed E-state index contributed by atoms with van der Waals surface area (Å²) in [5.41, 5.74) is 1.56. The number of hydrogen-bond acceptors (Lipinski definition) is 4. The first-order chi connectivity index (χ1) is 11.3. The molecule has 1 aromatic carbocycles. The number of aromatic amines is 1. The van der Waals surface area contributed by atoms with E-state index in [1.54, 1.807) is 31.2 Å². The number of H-pyrrole nitrogens is 1. The predicted octanol–water partition coefficient (Wildman–Crippen LogP) is 1.84. The molecule has 124 valence electrons. The van der Waals surface area contributed by atoms with Gasteiger partial charge in [0.25, 0.3) is 5.56 Å². The normalized spacial score (nSPS) is 11.6. The van der Waals surface area contributed by atoms with Crippen molar-refractivity contribution < 1.29 is 8.42 Å². The number of aromatic nitrogens is 3. The summed E-state index contributed by atoms with van der Waals surface area (Å²) in [6.07, 6.45) is 1.11. The van der Waals surface area contributed by atoms with Crippen LogP contribution in [0.4, 0.5) is 0 Å². The Morgan fingerprint density at radius 1 is 1.17 bits per heavy atom. The minimum absolute atomic E-state index is 0.125. The third-order valence-corrected chi connectivity index (χ3v) is 4.63. The van der Waals surface area contributed by atoms with Crippen LogP contribution in [0.1, 0.15) is 5.69 Å². The van der Waals surface area contributed by atoms with Crippen molar-refractivity contribution in [2.45, 2.75) is 11.8 Å². The van der Waals surface area contributed by atoms with Gasteiger partial charge in [-0.15, -0.1) is 0 Å². The van der Waals surface area contributed by atoms with E-state index >= 15 is 0 Å². The molecule has 0 aliphatic carbocycles. The van der Waals surface area contributed by atoms with E-state index in [-0.39, 0.29) is 16.3 Å². The van der Waals surface area contributed by atoms with Crippen molar-refractivity contribution in [3.63, 3.8) is 0 Å². The Kier molecular flexibility index (Phi) is 4.04. The fourth-order valence-corrected chi connectivity index (χ4v) is 2.92. The summed E-state index contributed by atoms with van der Waals surface area (Å²) in [5.74, 6) is 0.260. The molecule has 0 aliphatic rings. The third-order valence-electron chi connectivity index (χ3n) is 3.48. The van der Waals surface area contributed by atoms with E-state index in [0.29, 0.717) is 16.3 Å². The van der Waals surface area contributed by atoms with Crippen molar-refractivity contribution in [3.05, 3.63) is 63.7 Å². The summed E-state index contributed by atoms with van der Waals surface area (Å²) in [5, 5.41) is 8.54. The lowest BCUT2D eigenvalue weighted by atomic mass is 10.1. The lowest BCUT2D eigenvalue weighted by Crippen LogP contribution is -2.18. The number of nitrogens with one attached hydrogen (secondary N) is 1. The van der Waals surface area contributed by atoms with E-state index in [0.717, 1.165) is 11.8 Å². The maximum Gasteiger partial charge on any atom is 0.280 e. The van der Waals surface area contributed by atoms with Crippen molar-refractivity contribution >= 4 is 21.6 Å². The highest BCUT2D eigenvalue weighted by Crippen LogP contribution is 2.21. The number of rotatable bonds is 3. The lowest BCUT2D eigenvalue weighted by Gasteiger charge is -2.02. The highest BCUT2D eigenvalue weighted by molar-refractivity contribution is 7.89. The van der Waals surface area contributed by atoms with Crippen molar-refractivity contribution in [2.24, 2.45) is 5.14 Å². The molecule has 0 saturated carbocycles. The number of benzene rings is 1. The quantitative estimate of drug-likeness (QED) is 0.738. The minimum atomic E-state index is -3.83. The van der Waals surface area contributed by atoms with E-state index in [1.807, 2.05) is 0 Å². The smallest absolute Gasteiger partial charge is 0.280 e. The third kappa shape index (κ3) is 2.99. The molecular weight excluding hydrogens is 352 g/mol. The molecule has 0 bridgehead atoms. The molecule has 2 heterocycles. The highest BCUT2D eigenvalue weighted by Gasteiger charge is 2.16. The molecule has 7 nitrogen and oxygen atoms in total. The molecule has 0 amide bonds. The van der Waals surface area contributed by atoms with Gasteiger partial charge in [-0.25, -0.2) is 23.2 Å². The van der Waals surface area contributed by atoms with E-state index in [2.05, 4.69) is 10.1 Å². The Bertz CT molecular complexity index is 1050. The van der Waals surface area contributed by atoms with Crippen LogP contribution in [0.3, 0.4) is 0 Å². The number of primary sulfonamides is 1. The maximum absolute atomic E-state index is 12.7. The van der Waals surface area contributed by atoms with Gasteiger partial charge < -0.3 is 0 Å². The molecule has 0 radical (unpaired) electrons. The van der Waals surface area contributed by atoms with Crippen LogP contribution in [0, 0.1) is 6.92 Å². The highest BCUT2D eigenvalue weighted by atomic mass is 35.5.